The van der Waals surface area contributed by atoms with Crippen LogP contribution in [0, 0.1) is 34.5 Å². The summed E-state index contributed by atoms with van der Waals surface area (Å²) < 4.78 is 0. The van der Waals surface area contributed by atoms with Gasteiger partial charge in [-0.1, -0.05) is 19.4 Å². The number of hydrogen-bond acceptors (Lipinski definition) is 4. The van der Waals surface area contributed by atoms with Crippen LogP contribution in [0.1, 0.15) is 72.1 Å². The van der Waals surface area contributed by atoms with Gasteiger partial charge < -0.3 is 11.7 Å². The molecule has 0 saturated heterocycles. The third-order valence-corrected chi connectivity index (χ3v) is 8.85. The van der Waals surface area contributed by atoms with E-state index in [1.807, 2.05) is 0 Å². The van der Waals surface area contributed by atoms with E-state index >= 15 is 0 Å². The normalized spacial score (nSPS) is 48.5. The number of allylic oxidation sites excluding steroid dienone is 2. The first-order valence-corrected chi connectivity index (χ1v) is 10.2. The molecule has 3 fully saturated rings. The van der Waals surface area contributed by atoms with Crippen molar-refractivity contribution in [3.8, 4) is 0 Å². The highest BCUT2D eigenvalue weighted by Gasteiger charge is 2.59. The highest BCUT2D eigenvalue weighted by Crippen LogP contribution is 2.66. The molecule has 4 nitrogen and oxygen atoms in total. The second-order valence-electron chi connectivity index (χ2n) is 9.57. The van der Waals surface area contributed by atoms with Crippen molar-refractivity contribution in [1.82, 2.24) is 0 Å². The maximum absolute atomic E-state index is 5.66. The second-order valence-corrected chi connectivity index (χ2v) is 9.57. The number of fused-ring (bicyclic) bond motifs is 5. The van der Waals surface area contributed by atoms with Gasteiger partial charge in [0.2, 0.25) is 0 Å². The van der Waals surface area contributed by atoms with Crippen molar-refractivity contribution in [2.24, 2.45) is 56.4 Å². The number of hydrazone groups is 2. The zero-order valence-corrected chi connectivity index (χ0v) is 16.1. The Labute approximate surface area is 152 Å². The van der Waals surface area contributed by atoms with Crippen LogP contribution in [-0.4, -0.2) is 11.4 Å². The highest BCUT2D eigenvalue weighted by atomic mass is 15.1. The summed E-state index contributed by atoms with van der Waals surface area (Å²) in [5.41, 5.74) is 4.68. The van der Waals surface area contributed by atoms with Crippen LogP contribution in [-0.2, 0) is 0 Å². The fourth-order valence-electron chi connectivity index (χ4n) is 7.45. The average molecular weight is 343 g/mol. The lowest BCUT2D eigenvalue weighted by atomic mass is 9.46. The Morgan fingerprint density at radius 3 is 2.56 bits per heavy atom. The molecule has 4 aliphatic rings. The Morgan fingerprint density at radius 1 is 1.04 bits per heavy atom. The van der Waals surface area contributed by atoms with Gasteiger partial charge >= 0.3 is 0 Å². The summed E-state index contributed by atoms with van der Waals surface area (Å²) in [5, 5.41) is 8.08. The summed E-state index contributed by atoms with van der Waals surface area (Å²) in [7, 11) is 0. The van der Waals surface area contributed by atoms with E-state index < -0.39 is 0 Å². The van der Waals surface area contributed by atoms with Gasteiger partial charge in [0.1, 0.15) is 0 Å². The Kier molecular flexibility index (Phi) is 4.01. The molecule has 6 atom stereocenters. The van der Waals surface area contributed by atoms with Crippen molar-refractivity contribution < 1.29 is 0 Å². The van der Waals surface area contributed by atoms with Crippen LogP contribution >= 0.6 is 0 Å². The molecule has 4 heteroatoms. The van der Waals surface area contributed by atoms with E-state index in [1.54, 1.807) is 5.57 Å². The lowest BCUT2D eigenvalue weighted by Gasteiger charge is -2.58. The topological polar surface area (TPSA) is 76.8 Å². The van der Waals surface area contributed by atoms with Crippen LogP contribution in [0.3, 0.4) is 0 Å². The summed E-state index contributed by atoms with van der Waals surface area (Å²) in [5.74, 6) is 14.4. The minimum Gasteiger partial charge on any atom is -0.323 e. The molecule has 0 aromatic heterocycles. The molecule has 0 heterocycles. The number of hydrogen-bond donors (Lipinski definition) is 2. The van der Waals surface area contributed by atoms with Crippen LogP contribution in [0.2, 0.25) is 0 Å². The van der Waals surface area contributed by atoms with Crippen LogP contribution in [0.25, 0.3) is 0 Å². The maximum Gasteiger partial charge on any atom is 0.0600 e. The maximum atomic E-state index is 5.66. The molecule has 0 aromatic carbocycles. The number of rotatable bonds is 1. The molecule has 0 unspecified atom stereocenters. The van der Waals surface area contributed by atoms with Gasteiger partial charge in [0.15, 0.2) is 0 Å². The minimum absolute atomic E-state index is 0.369. The van der Waals surface area contributed by atoms with E-state index in [1.165, 1.54) is 50.7 Å². The van der Waals surface area contributed by atoms with Crippen molar-refractivity contribution in [2.75, 3.05) is 0 Å². The lowest BCUT2D eigenvalue weighted by Crippen LogP contribution is -2.51. The molecule has 4 N–H and O–H groups in total. The first-order chi connectivity index (χ1) is 11.9. The van der Waals surface area contributed by atoms with E-state index in [0.717, 1.165) is 29.9 Å². The van der Waals surface area contributed by atoms with Gasteiger partial charge in [-0.05, 0) is 93.0 Å². The van der Waals surface area contributed by atoms with Crippen molar-refractivity contribution in [3.05, 3.63) is 11.6 Å². The Balaban J connectivity index is 1.65. The molecule has 138 valence electrons. The van der Waals surface area contributed by atoms with E-state index in [-0.39, 0.29) is 0 Å². The quantitative estimate of drug-likeness (QED) is 0.425. The molecule has 3 saturated carbocycles. The smallest absolute Gasteiger partial charge is 0.0600 e. The first-order valence-electron chi connectivity index (χ1n) is 10.2. The Bertz CT molecular complexity index is 648. The second kappa shape index (κ2) is 5.85. The van der Waals surface area contributed by atoms with Crippen molar-refractivity contribution in [1.29, 1.82) is 0 Å². The van der Waals surface area contributed by atoms with Gasteiger partial charge in [-0.15, -0.1) is 0 Å². The largest absolute Gasteiger partial charge is 0.323 e. The zero-order valence-electron chi connectivity index (χ0n) is 16.1. The van der Waals surface area contributed by atoms with Crippen LogP contribution < -0.4 is 11.7 Å². The third kappa shape index (κ3) is 2.32. The molecular weight excluding hydrogens is 308 g/mol. The van der Waals surface area contributed by atoms with Crippen LogP contribution in [0.5, 0.6) is 0 Å². The fourth-order valence-corrected chi connectivity index (χ4v) is 7.45. The SMILES string of the molecule is C/C(=N/N)[C@@H]1CC[C@@H]2[C@H]3CCC4=C/C(=N/N)CC[C@]4(C)[C@@H]3CC[C@]21C. The molecule has 0 bridgehead atoms. The minimum atomic E-state index is 0.369. The van der Waals surface area contributed by atoms with Crippen molar-refractivity contribution in [3.63, 3.8) is 0 Å². The van der Waals surface area contributed by atoms with E-state index in [4.69, 9.17) is 11.7 Å². The molecule has 25 heavy (non-hydrogen) atoms. The monoisotopic (exact) mass is 342 g/mol. The molecule has 4 rings (SSSR count). The Morgan fingerprint density at radius 2 is 1.84 bits per heavy atom. The van der Waals surface area contributed by atoms with Crippen molar-refractivity contribution >= 4 is 11.4 Å². The fraction of sp³-hybridized carbons (Fsp3) is 0.810. The summed E-state index contributed by atoms with van der Waals surface area (Å²) in [6.07, 6.45) is 12.5. The highest BCUT2D eigenvalue weighted by molar-refractivity contribution is 5.96. The van der Waals surface area contributed by atoms with Gasteiger partial charge in [0, 0.05) is 11.6 Å². The van der Waals surface area contributed by atoms with Gasteiger partial charge in [0.25, 0.3) is 0 Å². The zero-order chi connectivity index (χ0) is 17.8. The lowest BCUT2D eigenvalue weighted by molar-refractivity contribution is -0.0407. The van der Waals surface area contributed by atoms with Crippen molar-refractivity contribution in [2.45, 2.75) is 72.1 Å². The third-order valence-electron chi connectivity index (χ3n) is 8.85. The summed E-state index contributed by atoms with van der Waals surface area (Å²) in [6.45, 7) is 7.21. The molecule has 0 aliphatic heterocycles. The van der Waals surface area contributed by atoms with E-state index in [2.05, 4.69) is 37.1 Å². The van der Waals surface area contributed by atoms with Gasteiger partial charge in [-0.2, -0.15) is 10.2 Å². The molecule has 0 radical (unpaired) electrons. The molecule has 0 amide bonds. The van der Waals surface area contributed by atoms with E-state index in [0.29, 0.717) is 16.7 Å². The molecule has 4 aliphatic carbocycles. The average Bonchev–Trinajstić information content (AvgIpc) is 2.97. The van der Waals surface area contributed by atoms with E-state index in [9.17, 15) is 0 Å². The number of nitrogens with zero attached hydrogens (tertiary/aromatic N) is 2. The standard InChI is InChI=1S/C21H34N4/c1-13(24-22)17-6-7-18-16-5-4-14-12-15(25-23)8-10-20(14,2)19(16)9-11-21(17,18)3/h12,16-19H,4-11,22-23H2,1-3H3/b24-13-,25-15+/t16-,17+,18-,19-,20+,21+/m1/s1. The summed E-state index contributed by atoms with van der Waals surface area (Å²) in [6, 6.07) is 0. The summed E-state index contributed by atoms with van der Waals surface area (Å²) in [4.78, 5) is 0. The molecule has 0 spiro atoms. The predicted molar refractivity (Wildman–Crippen MR) is 104 cm³/mol. The van der Waals surface area contributed by atoms with Gasteiger partial charge in [-0.25, -0.2) is 0 Å². The number of nitrogens with two attached hydrogens (primary N) is 2. The molecule has 0 aromatic rings. The Hall–Kier alpha value is -1.32. The predicted octanol–water partition coefficient (Wildman–Crippen LogP) is 4.21. The molecular formula is C21H34N4. The van der Waals surface area contributed by atoms with Crippen LogP contribution in [0.4, 0.5) is 0 Å². The van der Waals surface area contributed by atoms with Gasteiger partial charge in [-0.3, -0.25) is 0 Å². The first kappa shape index (κ1) is 17.1. The van der Waals surface area contributed by atoms with Crippen LogP contribution in [0.15, 0.2) is 21.9 Å². The van der Waals surface area contributed by atoms with Gasteiger partial charge in [0.05, 0.1) is 5.71 Å². The summed E-state index contributed by atoms with van der Waals surface area (Å²) >= 11 is 0.